The van der Waals surface area contributed by atoms with Gasteiger partial charge < -0.3 is 14.8 Å². The van der Waals surface area contributed by atoms with Gasteiger partial charge in [0.1, 0.15) is 18.2 Å². The van der Waals surface area contributed by atoms with Crippen molar-refractivity contribution in [1.29, 1.82) is 5.26 Å². The fraction of sp³-hybridized carbons (Fsp3) is 0.154. The summed E-state index contributed by atoms with van der Waals surface area (Å²) in [5, 5.41) is 12.2. The third kappa shape index (κ3) is 6.78. The second-order valence-corrected chi connectivity index (χ2v) is 7.59. The van der Waals surface area contributed by atoms with Gasteiger partial charge in [-0.2, -0.15) is 18.4 Å². The van der Waals surface area contributed by atoms with Gasteiger partial charge in [0.05, 0.1) is 17.9 Å². The zero-order valence-electron chi connectivity index (χ0n) is 18.5. The molecule has 0 atom stereocenters. The van der Waals surface area contributed by atoms with Crippen LogP contribution in [0.1, 0.15) is 23.6 Å². The van der Waals surface area contributed by atoms with Crippen molar-refractivity contribution in [3.05, 3.63) is 94.0 Å². The Hall–Kier alpha value is -3.96. The number of hydrogen-bond donors (Lipinski definition) is 1. The van der Waals surface area contributed by atoms with Crippen LogP contribution in [0.25, 0.3) is 6.08 Å². The molecule has 1 amide bonds. The molecule has 0 heterocycles. The number of alkyl halides is 3. The highest BCUT2D eigenvalue weighted by molar-refractivity contribution is 6.31. The largest absolute Gasteiger partial charge is 0.490 e. The summed E-state index contributed by atoms with van der Waals surface area (Å²) in [4.78, 5) is 12.6. The van der Waals surface area contributed by atoms with E-state index < -0.39 is 23.3 Å². The molecule has 0 unspecified atom stereocenters. The third-order valence-electron chi connectivity index (χ3n) is 4.77. The van der Waals surface area contributed by atoms with Crippen LogP contribution in [0.4, 0.5) is 18.9 Å². The molecule has 0 saturated carbocycles. The Labute approximate surface area is 205 Å². The summed E-state index contributed by atoms with van der Waals surface area (Å²) in [5.41, 5.74) is -0.625. The van der Waals surface area contributed by atoms with Crippen molar-refractivity contribution in [2.24, 2.45) is 0 Å². The van der Waals surface area contributed by atoms with Gasteiger partial charge in [0.25, 0.3) is 5.91 Å². The minimum absolute atomic E-state index is 0.194. The number of nitrogens with zero attached hydrogens (tertiary/aromatic N) is 1. The van der Waals surface area contributed by atoms with Crippen LogP contribution in [0.15, 0.2) is 72.3 Å². The molecule has 9 heteroatoms. The maximum Gasteiger partial charge on any atom is 0.418 e. The van der Waals surface area contributed by atoms with Crippen LogP contribution in [0.3, 0.4) is 0 Å². The van der Waals surface area contributed by atoms with Gasteiger partial charge in [-0.1, -0.05) is 48.0 Å². The highest BCUT2D eigenvalue weighted by Gasteiger charge is 2.33. The summed E-state index contributed by atoms with van der Waals surface area (Å²) >= 11 is 6.16. The molecule has 180 valence electrons. The fourth-order valence-corrected chi connectivity index (χ4v) is 3.31. The van der Waals surface area contributed by atoms with Gasteiger partial charge in [0.15, 0.2) is 11.5 Å². The number of ether oxygens (including phenoxy) is 2. The summed E-state index contributed by atoms with van der Waals surface area (Å²) in [7, 11) is 0. The molecule has 0 aromatic heterocycles. The summed E-state index contributed by atoms with van der Waals surface area (Å²) in [6, 6.07) is 18.3. The number of carbonyl (C=O) groups excluding carboxylic acids is 1. The van der Waals surface area contributed by atoms with E-state index in [0.29, 0.717) is 28.7 Å². The second-order valence-electron chi connectivity index (χ2n) is 7.19. The number of nitriles is 1. The van der Waals surface area contributed by atoms with E-state index in [9.17, 15) is 23.2 Å². The van der Waals surface area contributed by atoms with E-state index in [1.54, 1.807) is 37.3 Å². The Morgan fingerprint density at radius 1 is 1.06 bits per heavy atom. The van der Waals surface area contributed by atoms with Gasteiger partial charge in [0.2, 0.25) is 0 Å². The number of para-hydroxylation sites is 1. The lowest BCUT2D eigenvalue weighted by Crippen LogP contribution is -2.17. The molecule has 0 aliphatic rings. The Kier molecular flexibility index (Phi) is 8.39. The predicted molar refractivity (Wildman–Crippen MR) is 127 cm³/mol. The van der Waals surface area contributed by atoms with Gasteiger partial charge in [-0.25, -0.2) is 0 Å². The molecule has 0 bridgehead atoms. The lowest BCUT2D eigenvalue weighted by Gasteiger charge is -2.14. The molecule has 0 aliphatic carbocycles. The number of carbonyl (C=O) groups is 1. The number of nitrogens with one attached hydrogen (secondary N) is 1. The van der Waals surface area contributed by atoms with E-state index in [1.807, 2.05) is 18.2 Å². The Balaban J connectivity index is 1.83. The van der Waals surface area contributed by atoms with E-state index >= 15 is 0 Å². The molecule has 0 aliphatic heterocycles. The molecule has 3 aromatic carbocycles. The van der Waals surface area contributed by atoms with Crippen LogP contribution in [0.5, 0.6) is 11.5 Å². The Morgan fingerprint density at radius 2 is 1.77 bits per heavy atom. The van der Waals surface area contributed by atoms with Crippen molar-refractivity contribution < 1.29 is 27.4 Å². The van der Waals surface area contributed by atoms with E-state index in [2.05, 4.69) is 5.32 Å². The van der Waals surface area contributed by atoms with Crippen molar-refractivity contribution in [1.82, 2.24) is 0 Å². The number of anilines is 1. The van der Waals surface area contributed by atoms with Crippen molar-refractivity contribution in [3.8, 4) is 17.6 Å². The van der Waals surface area contributed by atoms with Crippen LogP contribution in [0, 0.1) is 11.3 Å². The first-order valence-electron chi connectivity index (χ1n) is 10.5. The molecule has 3 rings (SSSR count). The average molecular weight is 501 g/mol. The first-order valence-corrected chi connectivity index (χ1v) is 10.8. The first kappa shape index (κ1) is 25.7. The zero-order chi connectivity index (χ0) is 25.4. The molecule has 0 saturated heterocycles. The van der Waals surface area contributed by atoms with Crippen molar-refractivity contribution >= 4 is 29.3 Å². The molecule has 5 nitrogen and oxygen atoms in total. The Bertz CT molecular complexity index is 1280. The highest BCUT2D eigenvalue weighted by atomic mass is 35.5. The quantitative estimate of drug-likeness (QED) is 0.270. The van der Waals surface area contributed by atoms with E-state index in [-0.39, 0.29) is 12.2 Å². The van der Waals surface area contributed by atoms with E-state index in [1.165, 1.54) is 18.2 Å². The number of benzene rings is 3. The zero-order valence-corrected chi connectivity index (χ0v) is 19.3. The summed E-state index contributed by atoms with van der Waals surface area (Å²) < 4.78 is 51.1. The molecule has 1 N–H and O–H groups in total. The molecule has 3 aromatic rings. The summed E-state index contributed by atoms with van der Waals surface area (Å²) in [5.74, 6) is -0.180. The number of rotatable bonds is 8. The van der Waals surface area contributed by atoms with Gasteiger partial charge >= 0.3 is 6.18 Å². The topological polar surface area (TPSA) is 71.3 Å². The maximum atomic E-state index is 13.2. The van der Waals surface area contributed by atoms with Crippen LogP contribution < -0.4 is 14.8 Å². The van der Waals surface area contributed by atoms with Gasteiger partial charge in [-0.3, -0.25) is 4.79 Å². The number of amides is 1. The molecule has 0 spiro atoms. The summed E-state index contributed by atoms with van der Waals surface area (Å²) in [6.07, 6.45) is -3.40. The van der Waals surface area contributed by atoms with Crippen molar-refractivity contribution in [2.45, 2.75) is 19.7 Å². The molecule has 0 radical (unpaired) electrons. The van der Waals surface area contributed by atoms with Crippen molar-refractivity contribution in [2.75, 3.05) is 11.9 Å². The van der Waals surface area contributed by atoms with Crippen LogP contribution in [0.2, 0.25) is 5.02 Å². The monoisotopic (exact) mass is 500 g/mol. The summed E-state index contributed by atoms with van der Waals surface area (Å²) in [6.45, 7) is 2.31. The maximum absolute atomic E-state index is 13.2. The molecule has 35 heavy (non-hydrogen) atoms. The van der Waals surface area contributed by atoms with Gasteiger partial charge in [-0.05, 0) is 48.9 Å². The average Bonchev–Trinajstić information content (AvgIpc) is 2.82. The molecular formula is C26H20ClF3N2O3. The first-order chi connectivity index (χ1) is 16.7. The second kappa shape index (κ2) is 11.4. The van der Waals surface area contributed by atoms with E-state index in [4.69, 9.17) is 21.1 Å². The van der Waals surface area contributed by atoms with Gasteiger partial charge in [0, 0.05) is 10.6 Å². The lowest BCUT2D eigenvalue weighted by molar-refractivity contribution is -0.137. The number of hydrogen-bond acceptors (Lipinski definition) is 4. The van der Waals surface area contributed by atoms with Crippen LogP contribution in [-0.4, -0.2) is 12.5 Å². The highest BCUT2D eigenvalue weighted by Crippen LogP contribution is 2.35. The minimum atomic E-state index is -4.66. The third-order valence-corrected chi connectivity index (χ3v) is 5.13. The smallest absolute Gasteiger partial charge is 0.418 e. The Morgan fingerprint density at radius 3 is 2.46 bits per heavy atom. The van der Waals surface area contributed by atoms with Gasteiger partial charge in [-0.15, -0.1) is 0 Å². The normalized spacial score (nSPS) is 11.5. The molecular weight excluding hydrogens is 481 g/mol. The van der Waals surface area contributed by atoms with Crippen molar-refractivity contribution in [3.63, 3.8) is 0 Å². The number of halogens is 4. The fourth-order valence-electron chi connectivity index (χ4n) is 3.12. The predicted octanol–water partition coefficient (Wildman–Crippen LogP) is 6.88. The standard InChI is InChI=1S/C26H20ClF3N2O3/c1-2-34-24-14-17(11-12-23(24)35-16-18-7-3-5-9-21(18)27)13-19(15-31)25(33)32-22-10-6-4-8-20(22)26(28,29)30/h3-14H,2,16H2,1H3,(H,32,33). The van der Waals surface area contributed by atoms with E-state index in [0.717, 1.165) is 17.7 Å². The van der Waals surface area contributed by atoms with Crippen LogP contribution in [-0.2, 0) is 17.6 Å². The SMILES string of the molecule is CCOc1cc(C=C(C#N)C(=O)Nc2ccccc2C(F)(F)F)ccc1OCc1ccccc1Cl. The minimum Gasteiger partial charge on any atom is -0.490 e. The molecule has 0 fully saturated rings. The van der Waals surface area contributed by atoms with Crippen LogP contribution >= 0.6 is 11.6 Å². The lowest BCUT2D eigenvalue weighted by atomic mass is 10.1.